The number of fused-ring (bicyclic) bond motifs is 2. The molecule has 0 saturated heterocycles. The predicted molar refractivity (Wildman–Crippen MR) is 178 cm³/mol. The highest BCUT2D eigenvalue weighted by molar-refractivity contribution is 6.20. The third-order valence-corrected chi connectivity index (χ3v) is 8.12. The molecule has 0 atom stereocenters. The summed E-state index contributed by atoms with van der Waals surface area (Å²) in [4.78, 5) is 0. The van der Waals surface area contributed by atoms with Crippen LogP contribution in [0, 0.1) is 0 Å². The fourth-order valence-corrected chi connectivity index (χ4v) is 6.26. The van der Waals surface area contributed by atoms with E-state index in [-0.39, 0.29) is 0 Å². The standard InChI is InChI=1S/C40H27N3/c1-6-16-28(17-7-1)37-33-26-35-36(43(42-41-35)32-24-14-5-15-25-32)27-34(33)38(29-18-8-2-9-19-29)40(31-22-12-4-13-23-31)39(37)30-20-10-3-11-21-30/h1-27H. The summed E-state index contributed by atoms with van der Waals surface area (Å²) in [6, 6.07) is 57.8. The molecule has 43 heavy (non-hydrogen) atoms. The van der Waals surface area contributed by atoms with E-state index < -0.39 is 0 Å². The van der Waals surface area contributed by atoms with Crippen molar-refractivity contribution < 1.29 is 0 Å². The maximum atomic E-state index is 4.68. The predicted octanol–water partition coefficient (Wildman–Crippen LogP) is 10.2. The molecule has 1 heterocycles. The lowest BCUT2D eigenvalue weighted by Crippen LogP contribution is -1.99. The normalized spacial score (nSPS) is 11.3. The molecule has 0 spiro atoms. The van der Waals surface area contributed by atoms with Crippen molar-refractivity contribution in [2.24, 2.45) is 0 Å². The lowest BCUT2D eigenvalue weighted by molar-refractivity contribution is 0.824. The SMILES string of the molecule is c1ccc(-c2c(-c3ccccc3)c(-c3ccccc3)c3cc4c(cc3c2-c2ccccc2)nnn4-c2ccccc2)cc1. The van der Waals surface area contributed by atoms with Crippen molar-refractivity contribution in [2.75, 3.05) is 0 Å². The van der Waals surface area contributed by atoms with Gasteiger partial charge in [0, 0.05) is 0 Å². The van der Waals surface area contributed by atoms with Gasteiger partial charge in [0.25, 0.3) is 0 Å². The molecule has 7 aromatic carbocycles. The second kappa shape index (κ2) is 10.6. The van der Waals surface area contributed by atoms with Crippen LogP contribution in [0.5, 0.6) is 0 Å². The van der Waals surface area contributed by atoms with Crippen LogP contribution in [0.1, 0.15) is 0 Å². The van der Waals surface area contributed by atoms with Gasteiger partial charge >= 0.3 is 0 Å². The van der Waals surface area contributed by atoms with Crippen LogP contribution in [-0.4, -0.2) is 15.0 Å². The monoisotopic (exact) mass is 549 g/mol. The van der Waals surface area contributed by atoms with Gasteiger partial charge in [-0.15, -0.1) is 5.10 Å². The first kappa shape index (κ1) is 25.0. The first-order valence-electron chi connectivity index (χ1n) is 14.5. The lowest BCUT2D eigenvalue weighted by atomic mass is 9.79. The van der Waals surface area contributed by atoms with Gasteiger partial charge in [0.1, 0.15) is 5.52 Å². The van der Waals surface area contributed by atoms with Crippen molar-refractivity contribution in [2.45, 2.75) is 0 Å². The topological polar surface area (TPSA) is 30.7 Å². The van der Waals surface area contributed by atoms with Crippen LogP contribution >= 0.6 is 0 Å². The minimum absolute atomic E-state index is 0.860. The fourth-order valence-electron chi connectivity index (χ4n) is 6.26. The van der Waals surface area contributed by atoms with Crippen molar-refractivity contribution in [3.8, 4) is 50.2 Å². The maximum Gasteiger partial charge on any atom is 0.114 e. The highest BCUT2D eigenvalue weighted by Crippen LogP contribution is 2.51. The number of hydrogen-bond donors (Lipinski definition) is 0. The molecule has 8 aromatic rings. The molecule has 0 aliphatic rings. The molecular weight excluding hydrogens is 522 g/mol. The van der Waals surface area contributed by atoms with Gasteiger partial charge in [0.05, 0.1) is 11.2 Å². The van der Waals surface area contributed by atoms with Gasteiger partial charge in [-0.3, -0.25) is 0 Å². The fraction of sp³-hybridized carbons (Fsp3) is 0. The zero-order valence-corrected chi connectivity index (χ0v) is 23.4. The second-order valence-electron chi connectivity index (χ2n) is 10.7. The Labute approximate surface area is 250 Å². The van der Waals surface area contributed by atoms with Gasteiger partial charge in [-0.05, 0) is 79.5 Å². The maximum absolute atomic E-state index is 4.68. The summed E-state index contributed by atoms with van der Waals surface area (Å²) in [5.41, 5.74) is 12.3. The van der Waals surface area contributed by atoms with E-state index in [2.05, 4.69) is 156 Å². The molecule has 0 fully saturated rings. The van der Waals surface area contributed by atoms with E-state index in [1.165, 1.54) is 38.9 Å². The summed E-state index contributed by atoms with van der Waals surface area (Å²) in [6.07, 6.45) is 0. The summed E-state index contributed by atoms with van der Waals surface area (Å²) in [6.45, 7) is 0. The van der Waals surface area contributed by atoms with Crippen molar-refractivity contribution in [3.05, 3.63) is 164 Å². The van der Waals surface area contributed by atoms with Crippen molar-refractivity contribution in [1.82, 2.24) is 15.0 Å². The van der Waals surface area contributed by atoms with Gasteiger partial charge in [-0.25, -0.2) is 4.68 Å². The summed E-state index contributed by atoms with van der Waals surface area (Å²) in [5.74, 6) is 0. The largest absolute Gasteiger partial charge is 0.213 e. The highest BCUT2D eigenvalue weighted by atomic mass is 15.4. The van der Waals surface area contributed by atoms with E-state index in [1.807, 2.05) is 22.9 Å². The molecule has 3 nitrogen and oxygen atoms in total. The van der Waals surface area contributed by atoms with Crippen molar-refractivity contribution in [1.29, 1.82) is 0 Å². The average molecular weight is 550 g/mol. The molecule has 1 aromatic heterocycles. The lowest BCUT2D eigenvalue weighted by Gasteiger charge is -2.24. The smallest absolute Gasteiger partial charge is 0.114 e. The van der Waals surface area contributed by atoms with E-state index in [4.69, 9.17) is 0 Å². The minimum atomic E-state index is 0.860. The van der Waals surface area contributed by atoms with Crippen LogP contribution in [0.4, 0.5) is 0 Å². The first-order chi connectivity index (χ1) is 21.4. The molecule has 202 valence electrons. The van der Waals surface area contributed by atoms with Crippen LogP contribution in [0.15, 0.2) is 164 Å². The summed E-state index contributed by atoms with van der Waals surface area (Å²) in [5, 5.41) is 11.6. The van der Waals surface area contributed by atoms with Crippen molar-refractivity contribution in [3.63, 3.8) is 0 Å². The molecule has 0 unspecified atom stereocenters. The molecule has 0 amide bonds. The van der Waals surface area contributed by atoms with Gasteiger partial charge in [0.2, 0.25) is 0 Å². The van der Waals surface area contributed by atoms with E-state index in [0.29, 0.717) is 0 Å². The Balaban J connectivity index is 1.63. The van der Waals surface area contributed by atoms with Gasteiger partial charge in [-0.1, -0.05) is 145 Å². The zero-order chi connectivity index (χ0) is 28.6. The number of aromatic nitrogens is 3. The Morgan fingerprint density at radius 3 is 1.19 bits per heavy atom. The van der Waals surface area contributed by atoms with Crippen LogP contribution < -0.4 is 0 Å². The first-order valence-corrected chi connectivity index (χ1v) is 14.5. The van der Waals surface area contributed by atoms with Gasteiger partial charge in [-0.2, -0.15) is 0 Å². The molecule has 0 aliphatic carbocycles. The zero-order valence-electron chi connectivity index (χ0n) is 23.4. The van der Waals surface area contributed by atoms with Gasteiger partial charge in [0.15, 0.2) is 0 Å². The Kier molecular flexibility index (Phi) is 6.12. The molecule has 0 radical (unpaired) electrons. The molecule has 0 bridgehead atoms. The number of hydrogen-bond acceptors (Lipinski definition) is 2. The Morgan fingerprint density at radius 1 is 0.372 bits per heavy atom. The Bertz CT molecular complexity index is 2190. The average Bonchev–Trinajstić information content (AvgIpc) is 3.51. The third-order valence-electron chi connectivity index (χ3n) is 8.12. The van der Waals surface area contributed by atoms with Crippen molar-refractivity contribution >= 4 is 21.8 Å². The number of nitrogens with zero attached hydrogens (tertiary/aromatic N) is 3. The minimum Gasteiger partial charge on any atom is -0.213 e. The van der Waals surface area contributed by atoms with Gasteiger partial charge < -0.3 is 0 Å². The summed E-state index contributed by atoms with van der Waals surface area (Å²) in [7, 11) is 0. The molecule has 3 heteroatoms. The van der Waals surface area contributed by atoms with Crippen LogP contribution in [0.25, 0.3) is 72.0 Å². The van der Waals surface area contributed by atoms with E-state index in [1.54, 1.807) is 0 Å². The highest BCUT2D eigenvalue weighted by Gasteiger charge is 2.25. The summed E-state index contributed by atoms with van der Waals surface area (Å²) < 4.78 is 1.94. The molecular formula is C40H27N3. The Morgan fingerprint density at radius 2 is 0.744 bits per heavy atom. The van der Waals surface area contributed by atoms with E-state index in [0.717, 1.165) is 33.1 Å². The third kappa shape index (κ3) is 4.30. The van der Waals surface area contributed by atoms with Crippen LogP contribution in [-0.2, 0) is 0 Å². The number of para-hydroxylation sites is 1. The Hall–Kier alpha value is -5.80. The molecule has 0 aliphatic heterocycles. The second-order valence-corrected chi connectivity index (χ2v) is 10.7. The van der Waals surface area contributed by atoms with Crippen LogP contribution in [0.3, 0.4) is 0 Å². The summed E-state index contributed by atoms with van der Waals surface area (Å²) >= 11 is 0. The molecule has 0 saturated carbocycles. The van der Waals surface area contributed by atoms with E-state index >= 15 is 0 Å². The molecule has 0 N–H and O–H groups in total. The quantitative estimate of drug-likeness (QED) is 0.214. The number of benzene rings is 7. The van der Waals surface area contributed by atoms with Crippen LogP contribution in [0.2, 0.25) is 0 Å². The molecule has 8 rings (SSSR count). The number of rotatable bonds is 5. The van der Waals surface area contributed by atoms with E-state index in [9.17, 15) is 0 Å².